The standard InChI is InChI=1S/C22H24Cl2N2O3/c1-21(2)11-6-7-22(21,3)16(8-11)26-17(27)5-4-13-18-14(24)9-12(23)10-15(18)25-19(13)20(28)29/h4-5,9-11,16,25H,6-8H2,1-3H3,(H,26,27)(H,28,29)/b5-4+/t11-,16+,22-/m0/s1. The zero-order valence-corrected chi connectivity index (χ0v) is 18.1. The Bertz CT molecular complexity index is 1060. The van der Waals surface area contributed by atoms with E-state index in [0.717, 1.165) is 12.8 Å². The summed E-state index contributed by atoms with van der Waals surface area (Å²) >= 11 is 12.3. The fourth-order valence-corrected chi connectivity index (χ4v) is 6.00. The summed E-state index contributed by atoms with van der Waals surface area (Å²) < 4.78 is 0. The zero-order valence-electron chi connectivity index (χ0n) is 16.6. The first-order valence-corrected chi connectivity index (χ1v) is 10.5. The van der Waals surface area contributed by atoms with Gasteiger partial charge in [0.1, 0.15) is 5.69 Å². The highest BCUT2D eigenvalue weighted by Gasteiger charge is 2.61. The Morgan fingerprint density at radius 2 is 2.00 bits per heavy atom. The van der Waals surface area contributed by atoms with Crippen molar-refractivity contribution >= 4 is 52.1 Å². The fraction of sp³-hybridized carbons (Fsp3) is 0.455. The molecule has 1 aromatic carbocycles. The molecule has 7 heteroatoms. The molecule has 0 unspecified atom stereocenters. The van der Waals surface area contributed by atoms with E-state index < -0.39 is 5.97 Å². The Hall–Kier alpha value is -1.98. The molecule has 29 heavy (non-hydrogen) atoms. The van der Waals surface area contributed by atoms with E-state index in [4.69, 9.17) is 23.2 Å². The van der Waals surface area contributed by atoms with Crippen molar-refractivity contribution < 1.29 is 14.7 Å². The van der Waals surface area contributed by atoms with Crippen molar-refractivity contribution in [3.63, 3.8) is 0 Å². The molecule has 2 aromatic rings. The van der Waals surface area contributed by atoms with Crippen molar-refractivity contribution in [1.82, 2.24) is 10.3 Å². The van der Waals surface area contributed by atoms with Crippen molar-refractivity contribution in [2.75, 3.05) is 0 Å². The van der Waals surface area contributed by atoms with Crippen LogP contribution in [-0.2, 0) is 4.79 Å². The molecule has 1 amide bonds. The topological polar surface area (TPSA) is 82.2 Å². The second-order valence-electron chi connectivity index (χ2n) is 9.03. The first-order valence-electron chi connectivity index (χ1n) is 9.77. The van der Waals surface area contributed by atoms with E-state index in [2.05, 4.69) is 31.1 Å². The Kier molecular flexibility index (Phi) is 4.74. The third kappa shape index (κ3) is 3.06. The summed E-state index contributed by atoms with van der Waals surface area (Å²) in [5, 5.41) is 14.0. The molecule has 2 saturated carbocycles. The van der Waals surface area contributed by atoms with Crippen LogP contribution in [0.15, 0.2) is 18.2 Å². The number of carbonyl (C=O) groups is 2. The van der Waals surface area contributed by atoms with Crippen LogP contribution in [0.25, 0.3) is 17.0 Å². The number of carbonyl (C=O) groups excluding carboxylic acids is 1. The minimum Gasteiger partial charge on any atom is -0.477 e. The number of aromatic nitrogens is 1. The minimum absolute atomic E-state index is 0.0266. The SMILES string of the molecule is CC1(C)[C@H]2CC[C@@]1(C)[C@H](NC(=O)/C=C/c1c(C(=O)O)[nH]c3cc(Cl)cc(Cl)c13)C2. The summed E-state index contributed by atoms with van der Waals surface area (Å²) in [6, 6.07) is 3.29. The average Bonchev–Trinajstić information content (AvgIpc) is 3.16. The number of hydrogen-bond acceptors (Lipinski definition) is 2. The minimum atomic E-state index is -1.13. The maximum atomic E-state index is 12.7. The molecular weight excluding hydrogens is 411 g/mol. The highest BCUT2D eigenvalue weighted by Crippen LogP contribution is 2.65. The van der Waals surface area contributed by atoms with Gasteiger partial charge >= 0.3 is 5.97 Å². The lowest BCUT2D eigenvalue weighted by atomic mass is 9.69. The van der Waals surface area contributed by atoms with Crippen LogP contribution in [0.3, 0.4) is 0 Å². The fourth-order valence-electron chi connectivity index (χ4n) is 5.41. The summed E-state index contributed by atoms with van der Waals surface area (Å²) in [6.07, 6.45) is 6.21. The summed E-state index contributed by atoms with van der Waals surface area (Å²) in [7, 11) is 0. The summed E-state index contributed by atoms with van der Waals surface area (Å²) in [4.78, 5) is 27.2. The summed E-state index contributed by atoms with van der Waals surface area (Å²) in [6.45, 7) is 6.86. The van der Waals surface area contributed by atoms with Crippen molar-refractivity contribution in [2.24, 2.45) is 16.7 Å². The highest BCUT2D eigenvalue weighted by atomic mass is 35.5. The van der Waals surface area contributed by atoms with Gasteiger partial charge in [0.2, 0.25) is 5.91 Å². The molecule has 1 heterocycles. The smallest absolute Gasteiger partial charge is 0.352 e. The van der Waals surface area contributed by atoms with Gasteiger partial charge in [-0.25, -0.2) is 4.79 Å². The maximum absolute atomic E-state index is 12.7. The molecule has 0 radical (unpaired) electrons. The molecule has 0 saturated heterocycles. The number of amides is 1. The first-order chi connectivity index (χ1) is 13.5. The lowest BCUT2D eigenvalue weighted by Crippen LogP contribution is -2.46. The Morgan fingerprint density at radius 1 is 1.28 bits per heavy atom. The van der Waals surface area contributed by atoms with E-state index in [1.165, 1.54) is 18.6 Å². The molecule has 5 nitrogen and oxygen atoms in total. The van der Waals surface area contributed by atoms with Crippen molar-refractivity contribution in [1.29, 1.82) is 0 Å². The summed E-state index contributed by atoms with van der Waals surface area (Å²) in [5.74, 6) is -0.733. The van der Waals surface area contributed by atoms with Gasteiger partial charge in [0, 0.05) is 33.6 Å². The normalized spacial score (nSPS) is 27.8. The van der Waals surface area contributed by atoms with E-state index >= 15 is 0 Å². The largest absolute Gasteiger partial charge is 0.477 e. The Morgan fingerprint density at radius 3 is 2.59 bits per heavy atom. The van der Waals surface area contributed by atoms with Crippen molar-refractivity contribution in [2.45, 2.75) is 46.1 Å². The number of hydrogen-bond donors (Lipinski definition) is 3. The van der Waals surface area contributed by atoms with Crippen molar-refractivity contribution in [3.05, 3.63) is 39.5 Å². The number of rotatable bonds is 4. The quantitative estimate of drug-likeness (QED) is 0.554. The molecule has 2 aliphatic rings. The van der Waals surface area contributed by atoms with Crippen LogP contribution in [0, 0.1) is 16.7 Å². The van der Waals surface area contributed by atoms with E-state index in [1.807, 2.05) is 0 Å². The molecule has 3 atom stereocenters. The molecule has 2 aliphatic carbocycles. The number of fused-ring (bicyclic) bond motifs is 3. The number of carboxylic acids is 1. The van der Waals surface area contributed by atoms with Crippen molar-refractivity contribution in [3.8, 4) is 0 Å². The van der Waals surface area contributed by atoms with Gasteiger partial charge in [-0.2, -0.15) is 0 Å². The lowest BCUT2D eigenvalue weighted by Gasteiger charge is -2.39. The van der Waals surface area contributed by atoms with Gasteiger partial charge < -0.3 is 15.4 Å². The van der Waals surface area contributed by atoms with Crippen LogP contribution in [0.5, 0.6) is 0 Å². The van der Waals surface area contributed by atoms with Gasteiger partial charge in [0.05, 0.1) is 5.02 Å². The molecule has 2 bridgehead atoms. The van der Waals surface area contributed by atoms with E-state index in [1.54, 1.807) is 12.1 Å². The number of nitrogens with one attached hydrogen (secondary N) is 2. The van der Waals surface area contributed by atoms with Crippen LogP contribution in [0.1, 0.15) is 56.1 Å². The molecule has 0 spiro atoms. The molecule has 2 fully saturated rings. The van der Waals surface area contributed by atoms with Crippen LogP contribution >= 0.6 is 23.2 Å². The molecule has 0 aliphatic heterocycles. The number of carboxylic acid groups (broad SMARTS) is 1. The molecule has 4 rings (SSSR count). The summed E-state index contributed by atoms with van der Waals surface area (Å²) in [5.41, 5.74) is 1.13. The zero-order chi connectivity index (χ0) is 21.1. The van der Waals surface area contributed by atoms with Gasteiger partial charge in [0.15, 0.2) is 0 Å². The molecule has 154 valence electrons. The molecular formula is C22H24Cl2N2O3. The van der Waals surface area contributed by atoms with E-state index in [-0.39, 0.29) is 28.5 Å². The van der Waals surface area contributed by atoms with Gasteiger partial charge in [0.25, 0.3) is 0 Å². The number of H-pyrrole nitrogens is 1. The molecule has 3 N–H and O–H groups in total. The van der Waals surface area contributed by atoms with Gasteiger partial charge in [-0.15, -0.1) is 0 Å². The Balaban J connectivity index is 1.61. The van der Waals surface area contributed by atoms with Crippen LogP contribution in [-0.4, -0.2) is 28.0 Å². The maximum Gasteiger partial charge on any atom is 0.352 e. The number of aromatic amines is 1. The third-order valence-electron chi connectivity index (χ3n) is 7.58. The number of halogens is 2. The van der Waals surface area contributed by atoms with Gasteiger partial charge in [-0.1, -0.05) is 44.0 Å². The third-order valence-corrected chi connectivity index (χ3v) is 8.10. The first kappa shape index (κ1) is 20.3. The predicted molar refractivity (Wildman–Crippen MR) is 115 cm³/mol. The monoisotopic (exact) mass is 434 g/mol. The average molecular weight is 435 g/mol. The van der Waals surface area contributed by atoms with Gasteiger partial charge in [-0.3, -0.25) is 4.79 Å². The van der Waals surface area contributed by atoms with Gasteiger partial charge in [-0.05, 0) is 54.2 Å². The molecule has 1 aromatic heterocycles. The van der Waals surface area contributed by atoms with Crippen LogP contribution in [0.2, 0.25) is 10.0 Å². The van der Waals surface area contributed by atoms with Crippen LogP contribution in [0.4, 0.5) is 0 Å². The highest BCUT2D eigenvalue weighted by molar-refractivity contribution is 6.39. The number of benzene rings is 1. The predicted octanol–water partition coefficient (Wildman–Crippen LogP) is 5.52. The second kappa shape index (κ2) is 6.78. The van der Waals surface area contributed by atoms with Crippen LogP contribution < -0.4 is 5.32 Å². The Labute approximate surface area is 179 Å². The lowest BCUT2D eigenvalue weighted by molar-refractivity contribution is -0.118. The van der Waals surface area contributed by atoms with E-state index in [9.17, 15) is 14.7 Å². The van der Waals surface area contributed by atoms with E-state index in [0.29, 0.717) is 32.4 Å². The second-order valence-corrected chi connectivity index (χ2v) is 9.88. The number of aromatic carboxylic acids is 1.